The molecular formula is C6H7N2O. The molecule has 0 amide bonds. The summed E-state index contributed by atoms with van der Waals surface area (Å²) in [6.07, 6.45) is 5.99. The molecule has 0 aliphatic carbocycles. The van der Waals surface area contributed by atoms with Crippen LogP contribution < -0.4 is 4.94 Å². The minimum Gasteiger partial charge on any atom is -0.264 e. The van der Waals surface area contributed by atoms with Crippen LogP contribution in [0.25, 0.3) is 0 Å². The van der Waals surface area contributed by atoms with Crippen molar-refractivity contribution in [3.05, 3.63) is 24.5 Å². The first-order valence-corrected chi connectivity index (χ1v) is 2.61. The second kappa shape index (κ2) is 2.91. The summed E-state index contributed by atoms with van der Waals surface area (Å²) in [4.78, 5) is 4.73. The molecule has 1 rings (SSSR count). The molecule has 0 fully saturated rings. The van der Waals surface area contributed by atoms with Crippen molar-refractivity contribution in [1.29, 1.82) is 0 Å². The van der Waals surface area contributed by atoms with E-state index in [1.807, 2.05) is 12.1 Å². The second-order valence-corrected chi connectivity index (χ2v) is 1.44. The number of hydrogen-bond donors (Lipinski definition) is 0. The summed E-state index contributed by atoms with van der Waals surface area (Å²) < 4.78 is 1.48. The number of nitrogens with zero attached hydrogens (tertiary/aromatic N) is 2. The zero-order chi connectivity index (χ0) is 6.53. The molecule has 0 atom stereocenters. The fraction of sp³-hybridized carbons (Fsp3) is 0.167. The van der Waals surface area contributed by atoms with Crippen LogP contribution >= 0.6 is 0 Å². The molecule has 1 aromatic rings. The van der Waals surface area contributed by atoms with E-state index in [9.17, 15) is 0 Å². The van der Waals surface area contributed by atoms with Crippen molar-refractivity contribution < 1.29 is 4.94 Å². The van der Waals surface area contributed by atoms with Gasteiger partial charge in [-0.2, -0.15) is 4.73 Å². The number of hydrogen-bond acceptors (Lipinski definition) is 2. The minimum absolute atomic E-state index is 1.48. The van der Waals surface area contributed by atoms with E-state index in [0.717, 1.165) is 0 Å². The highest BCUT2D eigenvalue weighted by Gasteiger charge is 1.80. The van der Waals surface area contributed by atoms with Crippen LogP contribution in [0, 0.1) is 0 Å². The molecule has 0 saturated carbocycles. The molecule has 3 nitrogen and oxygen atoms in total. The molecule has 0 bridgehead atoms. The molecule has 47 valence electrons. The maximum absolute atomic E-state index is 4.73. The normalized spacial score (nSPS) is 10.3. The van der Waals surface area contributed by atoms with Gasteiger partial charge in [-0.1, -0.05) is 5.16 Å². The van der Waals surface area contributed by atoms with Gasteiger partial charge in [0.05, 0.1) is 0 Å². The Morgan fingerprint density at radius 3 is 2.67 bits per heavy atom. The molecule has 0 spiro atoms. The maximum Gasteiger partial charge on any atom is 0.104 e. The van der Waals surface area contributed by atoms with Gasteiger partial charge in [0.15, 0.2) is 0 Å². The van der Waals surface area contributed by atoms with Gasteiger partial charge >= 0.3 is 0 Å². The van der Waals surface area contributed by atoms with Crippen molar-refractivity contribution in [2.24, 2.45) is 5.16 Å². The molecule has 0 saturated heterocycles. The Bertz CT molecular complexity index is 179. The highest BCUT2D eigenvalue weighted by Crippen LogP contribution is 1.84. The summed E-state index contributed by atoms with van der Waals surface area (Å²) in [5, 5.41) is 3.43. The van der Waals surface area contributed by atoms with E-state index >= 15 is 0 Å². The van der Waals surface area contributed by atoms with Crippen LogP contribution in [0.15, 0.2) is 29.7 Å². The second-order valence-electron chi connectivity index (χ2n) is 1.44. The third kappa shape index (κ3) is 1.60. The smallest absolute Gasteiger partial charge is 0.104 e. The zero-order valence-electron chi connectivity index (χ0n) is 5.11. The highest BCUT2D eigenvalue weighted by atomic mass is 16.8. The lowest BCUT2D eigenvalue weighted by atomic mass is 10.7. The lowest BCUT2D eigenvalue weighted by Gasteiger charge is -1.93. The highest BCUT2D eigenvalue weighted by molar-refractivity contribution is 5.52. The average molecular weight is 123 g/mol. The van der Waals surface area contributed by atoms with E-state index in [2.05, 4.69) is 11.4 Å². The molecule has 0 N–H and O–H groups in total. The molecule has 1 radical (unpaired) electrons. The summed E-state index contributed by atoms with van der Waals surface area (Å²) in [5.41, 5.74) is 0. The number of rotatable bonds is 2. The van der Waals surface area contributed by atoms with Gasteiger partial charge in [0.1, 0.15) is 6.21 Å². The molecule has 9 heavy (non-hydrogen) atoms. The Kier molecular flexibility index (Phi) is 1.90. The van der Waals surface area contributed by atoms with E-state index in [0.29, 0.717) is 0 Å². The van der Waals surface area contributed by atoms with Crippen molar-refractivity contribution in [2.45, 2.75) is 6.92 Å². The molecule has 1 heterocycles. The summed E-state index contributed by atoms with van der Waals surface area (Å²) in [6, 6.07) is 3.70. The molecule has 0 aliphatic rings. The van der Waals surface area contributed by atoms with Gasteiger partial charge in [-0.25, -0.2) is 0 Å². The van der Waals surface area contributed by atoms with Crippen LogP contribution in [-0.2, 0) is 0 Å². The van der Waals surface area contributed by atoms with Crippen LogP contribution in [-0.4, -0.2) is 10.9 Å². The van der Waals surface area contributed by atoms with Gasteiger partial charge in [0, 0.05) is 12.4 Å². The van der Waals surface area contributed by atoms with E-state index in [4.69, 9.17) is 4.94 Å². The lowest BCUT2D eigenvalue weighted by molar-refractivity contribution is 0.120. The van der Waals surface area contributed by atoms with Crippen molar-refractivity contribution in [3.63, 3.8) is 0 Å². The van der Waals surface area contributed by atoms with E-state index in [1.54, 1.807) is 19.3 Å². The van der Waals surface area contributed by atoms with Crippen molar-refractivity contribution in [2.75, 3.05) is 0 Å². The predicted octanol–water partition coefficient (Wildman–Crippen LogP) is 0.799. The van der Waals surface area contributed by atoms with Gasteiger partial charge in [0.25, 0.3) is 0 Å². The molecule has 0 unspecified atom stereocenters. The van der Waals surface area contributed by atoms with Crippen LogP contribution in [0.1, 0.15) is 6.92 Å². The van der Waals surface area contributed by atoms with Crippen LogP contribution in [0.3, 0.4) is 0 Å². The maximum atomic E-state index is 4.73. The fourth-order valence-corrected chi connectivity index (χ4v) is 0.461. The first kappa shape index (κ1) is 5.88. The van der Waals surface area contributed by atoms with Gasteiger partial charge in [-0.15, -0.1) is 0 Å². The summed E-state index contributed by atoms with van der Waals surface area (Å²) in [7, 11) is 0. The quantitative estimate of drug-likeness (QED) is 0.422. The third-order valence-corrected chi connectivity index (χ3v) is 0.803. The van der Waals surface area contributed by atoms with Gasteiger partial charge in [0.2, 0.25) is 0 Å². The van der Waals surface area contributed by atoms with Crippen molar-refractivity contribution in [3.8, 4) is 0 Å². The molecule has 0 aliphatic heterocycles. The van der Waals surface area contributed by atoms with Gasteiger partial charge in [-0.05, 0) is 19.1 Å². The first-order chi connectivity index (χ1) is 4.43. The Morgan fingerprint density at radius 2 is 2.11 bits per heavy atom. The Balaban J connectivity index is 2.48. The van der Waals surface area contributed by atoms with E-state index in [1.165, 1.54) is 4.73 Å². The topological polar surface area (TPSA) is 26.5 Å². The zero-order valence-corrected chi connectivity index (χ0v) is 5.11. The van der Waals surface area contributed by atoms with Crippen LogP contribution in [0.4, 0.5) is 0 Å². The van der Waals surface area contributed by atoms with Crippen LogP contribution in [0.5, 0.6) is 0 Å². The Labute approximate surface area is 53.5 Å². The van der Waals surface area contributed by atoms with Crippen LogP contribution in [0.2, 0.25) is 0 Å². The summed E-state index contributed by atoms with van der Waals surface area (Å²) in [6.45, 7) is 1.67. The third-order valence-electron chi connectivity index (χ3n) is 0.803. The van der Waals surface area contributed by atoms with E-state index in [-0.39, 0.29) is 0 Å². The van der Waals surface area contributed by atoms with Gasteiger partial charge < -0.3 is 0 Å². The molecular weight excluding hydrogens is 116 g/mol. The molecule has 1 aromatic heterocycles. The summed E-state index contributed by atoms with van der Waals surface area (Å²) in [5.74, 6) is 0. The van der Waals surface area contributed by atoms with E-state index < -0.39 is 0 Å². The fourth-order valence-electron chi connectivity index (χ4n) is 0.461. The Morgan fingerprint density at radius 1 is 1.44 bits per heavy atom. The minimum atomic E-state index is 1.48. The number of aromatic nitrogens is 1. The molecule has 3 heteroatoms. The van der Waals surface area contributed by atoms with Gasteiger partial charge in [-0.3, -0.25) is 4.94 Å². The summed E-state index contributed by atoms with van der Waals surface area (Å²) >= 11 is 0. The monoisotopic (exact) mass is 123 g/mol. The largest absolute Gasteiger partial charge is 0.264 e. The first-order valence-electron chi connectivity index (χ1n) is 2.61. The van der Waals surface area contributed by atoms with Crippen molar-refractivity contribution >= 4 is 6.21 Å². The predicted molar refractivity (Wildman–Crippen MR) is 34.1 cm³/mol. The standard InChI is InChI=1S/C6H7N2O/c1-2-7-9-8-5-3-4-6-8/h3-6H,1H3. The average Bonchev–Trinajstić information content (AvgIpc) is 2.34. The Hall–Kier alpha value is -1.25. The lowest BCUT2D eigenvalue weighted by Crippen LogP contribution is -2.00. The molecule has 0 aromatic carbocycles. The van der Waals surface area contributed by atoms with Crippen molar-refractivity contribution in [1.82, 2.24) is 4.73 Å². The SMILES string of the molecule is C[C]=NOn1cccc1.